The smallest absolute Gasteiger partial charge is 0.0371 e. The van der Waals surface area contributed by atoms with E-state index in [1.807, 2.05) is 24.5 Å². The molecule has 1 heterocycles. The predicted molar refractivity (Wildman–Crippen MR) is 50.1 cm³/mol. The number of rotatable bonds is 3. The minimum Gasteiger partial charge on any atom is -0.385 e. The first-order valence-corrected chi connectivity index (χ1v) is 4.59. The van der Waals surface area contributed by atoms with Gasteiger partial charge in [-0.1, -0.05) is 6.42 Å². The molecule has 0 aromatic carbocycles. The summed E-state index contributed by atoms with van der Waals surface area (Å²) < 4.78 is 0. The topological polar surface area (TPSA) is 24.9 Å². The molecule has 2 heteroatoms. The summed E-state index contributed by atoms with van der Waals surface area (Å²) in [6.45, 7) is 1.13. The summed E-state index contributed by atoms with van der Waals surface area (Å²) in [5, 5.41) is 3.41. The number of hydrogen-bond donors (Lipinski definition) is 1. The first kappa shape index (κ1) is 7.59. The van der Waals surface area contributed by atoms with E-state index < -0.39 is 0 Å². The number of anilines is 1. The second-order valence-corrected chi connectivity index (χ2v) is 3.41. The Kier molecular flexibility index (Phi) is 2.26. The van der Waals surface area contributed by atoms with E-state index in [1.54, 1.807) is 0 Å². The van der Waals surface area contributed by atoms with Crippen LogP contribution in [0.1, 0.15) is 19.3 Å². The zero-order valence-electron chi connectivity index (χ0n) is 7.16. The van der Waals surface area contributed by atoms with Gasteiger partial charge in [0.05, 0.1) is 0 Å². The first-order valence-electron chi connectivity index (χ1n) is 4.59. The van der Waals surface area contributed by atoms with Crippen LogP contribution in [0.3, 0.4) is 0 Å². The molecule has 0 bridgehead atoms. The molecule has 0 radical (unpaired) electrons. The molecular weight excluding hydrogens is 148 g/mol. The van der Waals surface area contributed by atoms with E-state index >= 15 is 0 Å². The highest BCUT2D eigenvalue weighted by atomic mass is 14.9. The summed E-state index contributed by atoms with van der Waals surface area (Å²) in [5.41, 5.74) is 1.19. The quantitative estimate of drug-likeness (QED) is 0.737. The Morgan fingerprint density at radius 2 is 2.08 bits per heavy atom. The van der Waals surface area contributed by atoms with E-state index in [0.717, 1.165) is 12.5 Å². The van der Waals surface area contributed by atoms with Gasteiger partial charge >= 0.3 is 0 Å². The van der Waals surface area contributed by atoms with Gasteiger partial charge in [0.2, 0.25) is 0 Å². The Morgan fingerprint density at radius 3 is 2.67 bits per heavy atom. The van der Waals surface area contributed by atoms with Crippen molar-refractivity contribution in [2.75, 3.05) is 11.9 Å². The molecule has 0 spiro atoms. The van der Waals surface area contributed by atoms with E-state index in [4.69, 9.17) is 0 Å². The van der Waals surface area contributed by atoms with Gasteiger partial charge in [0, 0.05) is 24.6 Å². The van der Waals surface area contributed by atoms with E-state index in [1.165, 1.54) is 24.9 Å². The van der Waals surface area contributed by atoms with Crippen LogP contribution in [0.5, 0.6) is 0 Å². The van der Waals surface area contributed by atoms with Crippen LogP contribution >= 0.6 is 0 Å². The monoisotopic (exact) mass is 162 g/mol. The van der Waals surface area contributed by atoms with Gasteiger partial charge in [-0.2, -0.15) is 0 Å². The summed E-state index contributed by atoms with van der Waals surface area (Å²) in [7, 11) is 0. The molecule has 1 aromatic rings. The third-order valence-corrected chi connectivity index (χ3v) is 2.50. The van der Waals surface area contributed by atoms with Crippen LogP contribution in [0.15, 0.2) is 24.5 Å². The molecule has 1 aliphatic carbocycles. The lowest BCUT2D eigenvalue weighted by Crippen LogP contribution is -2.20. The maximum Gasteiger partial charge on any atom is 0.0371 e. The van der Waals surface area contributed by atoms with Gasteiger partial charge in [0.25, 0.3) is 0 Å². The molecule has 0 atom stereocenters. The van der Waals surface area contributed by atoms with Crippen molar-refractivity contribution in [1.29, 1.82) is 0 Å². The Labute approximate surface area is 73.0 Å². The number of nitrogens with one attached hydrogen (secondary N) is 1. The van der Waals surface area contributed by atoms with Crippen LogP contribution in [-0.4, -0.2) is 11.5 Å². The van der Waals surface area contributed by atoms with Crippen molar-refractivity contribution in [3.63, 3.8) is 0 Å². The molecule has 1 aromatic heterocycles. The van der Waals surface area contributed by atoms with Crippen LogP contribution < -0.4 is 5.32 Å². The highest BCUT2D eigenvalue weighted by molar-refractivity contribution is 5.40. The summed E-state index contributed by atoms with van der Waals surface area (Å²) in [6, 6.07) is 4.03. The van der Waals surface area contributed by atoms with Crippen molar-refractivity contribution >= 4 is 5.69 Å². The minimum atomic E-state index is 0.915. The molecule has 0 amide bonds. The average molecular weight is 162 g/mol. The van der Waals surface area contributed by atoms with Gasteiger partial charge in [-0.05, 0) is 30.9 Å². The minimum absolute atomic E-state index is 0.915. The summed E-state index contributed by atoms with van der Waals surface area (Å²) in [5.74, 6) is 0.915. The Morgan fingerprint density at radius 1 is 1.33 bits per heavy atom. The van der Waals surface area contributed by atoms with E-state index in [9.17, 15) is 0 Å². The zero-order chi connectivity index (χ0) is 8.23. The number of aromatic nitrogens is 1. The van der Waals surface area contributed by atoms with Crippen molar-refractivity contribution in [2.24, 2.45) is 5.92 Å². The van der Waals surface area contributed by atoms with Crippen LogP contribution in [0.4, 0.5) is 5.69 Å². The maximum absolute atomic E-state index is 3.97. The van der Waals surface area contributed by atoms with Crippen molar-refractivity contribution in [2.45, 2.75) is 19.3 Å². The standard InChI is InChI=1S/C10H14N2/c1-2-9(3-1)8-12-10-4-6-11-7-5-10/h4-7,9H,1-3,8H2,(H,11,12). The van der Waals surface area contributed by atoms with Gasteiger partial charge < -0.3 is 5.32 Å². The van der Waals surface area contributed by atoms with E-state index in [2.05, 4.69) is 10.3 Å². The van der Waals surface area contributed by atoms with Gasteiger partial charge in [-0.25, -0.2) is 0 Å². The fraction of sp³-hybridized carbons (Fsp3) is 0.500. The average Bonchev–Trinajstić information content (AvgIpc) is 2.04. The molecule has 1 fully saturated rings. The molecule has 1 N–H and O–H groups in total. The Bertz CT molecular complexity index is 229. The van der Waals surface area contributed by atoms with Crippen molar-refractivity contribution in [3.8, 4) is 0 Å². The number of hydrogen-bond acceptors (Lipinski definition) is 2. The largest absolute Gasteiger partial charge is 0.385 e. The van der Waals surface area contributed by atoms with Crippen molar-refractivity contribution in [3.05, 3.63) is 24.5 Å². The third kappa shape index (κ3) is 1.76. The van der Waals surface area contributed by atoms with E-state index in [-0.39, 0.29) is 0 Å². The molecule has 2 rings (SSSR count). The Balaban J connectivity index is 1.79. The third-order valence-electron chi connectivity index (χ3n) is 2.50. The molecule has 0 unspecified atom stereocenters. The maximum atomic E-state index is 3.97. The second kappa shape index (κ2) is 3.57. The highest BCUT2D eigenvalue weighted by Gasteiger charge is 2.16. The summed E-state index contributed by atoms with van der Waals surface area (Å²) in [4.78, 5) is 3.97. The van der Waals surface area contributed by atoms with Gasteiger partial charge in [0.1, 0.15) is 0 Å². The first-order chi connectivity index (χ1) is 5.95. The van der Waals surface area contributed by atoms with Crippen LogP contribution in [0.25, 0.3) is 0 Å². The number of pyridine rings is 1. The van der Waals surface area contributed by atoms with Crippen molar-refractivity contribution in [1.82, 2.24) is 4.98 Å². The molecule has 0 saturated heterocycles. The Hall–Kier alpha value is -1.05. The van der Waals surface area contributed by atoms with Gasteiger partial charge in [0.15, 0.2) is 0 Å². The number of nitrogens with zero attached hydrogens (tertiary/aromatic N) is 1. The highest BCUT2D eigenvalue weighted by Crippen LogP contribution is 2.26. The van der Waals surface area contributed by atoms with Crippen LogP contribution in [0.2, 0.25) is 0 Å². The molecule has 2 nitrogen and oxygen atoms in total. The lowest BCUT2D eigenvalue weighted by molar-refractivity contribution is 0.333. The SMILES string of the molecule is c1cc(NCC2CCC2)ccn1. The van der Waals surface area contributed by atoms with Gasteiger partial charge in [-0.15, -0.1) is 0 Å². The molecule has 12 heavy (non-hydrogen) atoms. The normalized spacial score (nSPS) is 17.0. The van der Waals surface area contributed by atoms with Crippen molar-refractivity contribution < 1.29 is 0 Å². The van der Waals surface area contributed by atoms with Crippen LogP contribution in [0, 0.1) is 5.92 Å². The fourth-order valence-corrected chi connectivity index (χ4v) is 1.43. The molecule has 64 valence electrons. The van der Waals surface area contributed by atoms with Crippen LogP contribution in [-0.2, 0) is 0 Å². The molecule has 1 aliphatic rings. The lowest BCUT2D eigenvalue weighted by atomic mass is 9.85. The zero-order valence-corrected chi connectivity index (χ0v) is 7.16. The summed E-state index contributed by atoms with van der Waals surface area (Å²) in [6.07, 6.45) is 7.87. The lowest BCUT2D eigenvalue weighted by Gasteiger charge is -2.25. The second-order valence-electron chi connectivity index (χ2n) is 3.41. The molecule has 1 saturated carbocycles. The van der Waals surface area contributed by atoms with E-state index in [0.29, 0.717) is 0 Å². The summed E-state index contributed by atoms with van der Waals surface area (Å²) >= 11 is 0. The fourth-order valence-electron chi connectivity index (χ4n) is 1.43. The molecule has 0 aliphatic heterocycles. The van der Waals surface area contributed by atoms with Gasteiger partial charge in [-0.3, -0.25) is 4.98 Å². The molecular formula is C10H14N2. The predicted octanol–water partition coefficient (Wildman–Crippen LogP) is 2.29.